The summed E-state index contributed by atoms with van der Waals surface area (Å²) in [7, 11) is 0. The second kappa shape index (κ2) is 5.99. The molecule has 1 fully saturated rings. The molecule has 0 aliphatic carbocycles. The van der Waals surface area contributed by atoms with Crippen LogP contribution in [0.2, 0.25) is 0 Å². The summed E-state index contributed by atoms with van der Waals surface area (Å²) in [6, 6.07) is 3.48. The lowest BCUT2D eigenvalue weighted by Crippen LogP contribution is -2.52. The third-order valence-electron chi connectivity index (χ3n) is 3.90. The minimum atomic E-state index is -0.762. The summed E-state index contributed by atoms with van der Waals surface area (Å²) in [5.41, 5.74) is 5.52. The van der Waals surface area contributed by atoms with E-state index in [-0.39, 0.29) is 17.6 Å². The first-order valence-corrected chi connectivity index (χ1v) is 7.11. The highest BCUT2D eigenvalue weighted by atomic mass is 19.1. The second-order valence-electron chi connectivity index (χ2n) is 5.97. The lowest BCUT2D eigenvalue weighted by molar-refractivity contribution is -0.123. The smallest absolute Gasteiger partial charge is 0.241 e. The van der Waals surface area contributed by atoms with E-state index in [1.54, 1.807) is 13.8 Å². The van der Waals surface area contributed by atoms with Crippen molar-refractivity contribution in [2.75, 3.05) is 24.1 Å². The van der Waals surface area contributed by atoms with E-state index in [1.807, 2.05) is 4.90 Å². The Kier molecular flexibility index (Phi) is 4.49. The number of nitrogens with zero attached hydrogens (tertiary/aromatic N) is 1. The van der Waals surface area contributed by atoms with Crippen LogP contribution in [0, 0.1) is 5.82 Å². The Morgan fingerprint density at radius 1 is 1.57 bits per heavy atom. The molecule has 0 radical (unpaired) electrons. The van der Waals surface area contributed by atoms with Crippen LogP contribution in [0.25, 0.3) is 0 Å². The van der Waals surface area contributed by atoms with Crippen molar-refractivity contribution < 1.29 is 14.3 Å². The largest absolute Gasteiger partial charge is 0.397 e. The van der Waals surface area contributed by atoms with Gasteiger partial charge in [0.15, 0.2) is 0 Å². The minimum Gasteiger partial charge on any atom is -0.397 e. The summed E-state index contributed by atoms with van der Waals surface area (Å²) in [5, 5.41) is 12.8. The Morgan fingerprint density at radius 2 is 2.29 bits per heavy atom. The number of nitrogen functional groups attached to an aromatic ring is 1. The molecule has 116 valence electrons. The molecular weight excluding hydrogens is 273 g/mol. The van der Waals surface area contributed by atoms with Crippen molar-refractivity contribution in [3.8, 4) is 0 Å². The molecule has 6 heteroatoms. The van der Waals surface area contributed by atoms with Crippen molar-refractivity contribution in [3.05, 3.63) is 24.0 Å². The van der Waals surface area contributed by atoms with Gasteiger partial charge in [0.2, 0.25) is 5.91 Å². The molecule has 1 aliphatic heterocycles. The maximum atomic E-state index is 13.0. The number of hydrogen-bond donors (Lipinski definition) is 3. The molecular formula is C15H22FN3O2. The molecule has 1 heterocycles. The Labute approximate surface area is 123 Å². The van der Waals surface area contributed by atoms with Crippen LogP contribution in [-0.4, -0.2) is 40.6 Å². The number of piperidine rings is 1. The maximum absolute atomic E-state index is 13.0. The fraction of sp³-hybridized carbons (Fsp3) is 0.533. The minimum absolute atomic E-state index is 0.196. The first-order valence-electron chi connectivity index (χ1n) is 7.11. The summed E-state index contributed by atoms with van der Waals surface area (Å²) in [5.74, 6) is -0.656. The molecule has 0 spiro atoms. The van der Waals surface area contributed by atoms with Crippen molar-refractivity contribution >= 4 is 17.3 Å². The van der Waals surface area contributed by atoms with Crippen LogP contribution >= 0.6 is 0 Å². The molecule has 2 atom stereocenters. The summed E-state index contributed by atoms with van der Waals surface area (Å²) in [6.07, 6.45) is 1.59. The number of carbonyl (C=O) groups excluding carboxylic acids is 1. The van der Waals surface area contributed by atoms with E-state index in [2.05, 4.69) is 5.32 Å². The van der Waals surface area contributed by atoms with Gasteiger partial charge >= 0.3 is 0 Å². The number of β-amino-alcohol motifs (C(OH)–C–C–N with tert-alkyl or cyclic N) is 1. The zero-order valence-electron chi connectivity index (χ0n) is 12.4. The average molecular weight is 295 g/mol. The van der Waals surface area contributed by atoms with Crippen molar-refractivity contribution in [3.63, 3.8) is 0 Å². The van der Waals surface area contributed by atoms with Crippen molar-refractivity contribution in [1.82, 2.24) is 4.90 Å². The molecule has 1 aromatic carbocycles. The summed E-state index contributed by atoms with van der Waals surface area (Å²) in [6.45, 7) is 4.79. The number of amides is 1. The van der Waals surface area contributed by atoms with Gasteiger partial charge in [0.05, 0.1) is 23.0 Å². The molecule has 2 rings (SSSR count). The van der Waals surface area contributed by atoms with Gasteiger partial charge in [-0.05, 0) is 51.4 Å². The fourth-order valence-corrected chi connectivity index (χ4v) is 2.64. The van der Waals surface area contributed by atoms with E-state index in [0.717, 1.165) is 19.4 Å². The normalized spacial score (nSPS) is 24.6. The molecule has 2 unspecified atom stereocenters. The standard InChI is InChI=1S/C15H22FN3O2/c1-10(19-7-3-6-15(2,21)9-19)14(20)18-13-5-4-11(16)8-12(13)17/h4-5,8,10,21H,3,6-7,9,17H2,1-2H3,(H,18,20). The molecule has 5 nitrogen and oxygen atoms in total. The summed E-state index contributed by atoms with van der Waals surface area (Å²) in [4.78, 5) is 14.2. The monoisotopic (exact) mass is 295 g/mol. The number of nitrogens with two attached hydrogens (primary N) is 1. The number of hydrogen-bond acceptors (Lipinski definition) is 4. The quantitative estimate of drug-likeness (QED) is 0.740. The van der Waals surface area contributed by atoms with Crippen LogP contribution in [0.1, 0.15) is 26.7 Å². The third-order valence-corrected chi connectivity index (χ3v) is 3.90. The van der Waals surface area contributed by atoms with E-state index in [0.29, 0.717) is 12.2 Å². The average Bonchev–Trinajstić information content (AvgIpc) is 2.40. The highest BCUT2D eigenvalue weighted by molar-refractivity contribution is 5.97. The van der Waals surface area contributed by atoms with Crippen molar-refractivity contribution in [1.29, 1.82) is 0 Å². The predicted octanol–water partition coefficient (Wildman–Crippen LogP) is 1.58. The molecule has 1 aliphatic rings. The molecule has 1 saturated heterocycles. The number of halogens is 1. The van der Waals surface area contributed by atoms with E-state index >= 15 is 0 Å². The van der Waals surface area contributed by atoms with Gasteiger partial charge in [0, 0.05) is 6.54 Å². The molecule has 4 N–H and O–H groups in total. The van der Waals surface area contributed by atoms with Crippen LogP contribution < -0.4 is 11.1 Å². The van der Waals surface area contributed by atoms with Gasteiger partial charge in [-0.25, -0.2) is 4.39 Å². The second-order valence-corrected chi connectivity index (χ2v) is 5.97. The first-order chi connectivity index (χ1) is 9.78. The first kappa shape index (κ1) is 15.7. The van der Waals surface area contributed by atoms with Crippen LogP contribution in [-0.2, 0) is 4.79 Å². The number of nitrogens with one attached hydrogen (secondary N) is 1. The topological polar surface area (TPSA) is 78.6 Å². The van der Waals surface area contributed by atoms with Crippen LogP contribution in [0.4, 0.5) is 15.8 Å². The molecule has 21 heavy (non-hydrogen) atoms. The van der Waals surface area contributed by atoms with E-state index < -0.39 is 11.4 Å². The zero-order valence-corrected chi connectivity index (χ0v) is 12.4. The SMILES string of the molecule is CC(C(=O)Nc1ccc(F)cc1N)N1CCCC(C)(O)C1. The molecule has 0 saturated carbocycles. The Hall–Kier alpha value is -1.66. The van der Waals surface area contributed by atoms with Gasteiger partial charge in [-0.2, -0.15) is 0 Å². The van der Waals surface area contributed by atoms with Gasteiger partial charge in [0.1, 0.15) is 5.82 Å². The lowest BCUT2D eigenvalue weighted by atomic mass is 9.94. The number of likely N-dealkylation sites (tertiary alicyclic amines) is 1. The maximum Gasteiger partial charge on any atom is 0.241 e. The number of anilines is 2. The lowest BCUT2D eigenvalue weighted by Gasteiger charge is -2.39. The molecule has 0 bridgehead atoms. The highest BCUT2D eigenvalue weighted by Crippen LogP contribution is 2.23. The van der Waals surface area contributed by atoms with Gasteiger partial charge in [-0.3, -0.25) is 9.69 Å². The fourth-order valence-electron chi connectivity index (χ4n) is 2.64. The Morgan fingerprint density at radius 3 is 2.90 bits per heavy atom. The number of benzene rings is 1. The zero-order chi connectivity index (χ0) is 15.6. The number of aliphatic hydroxyl groups is 1. The van der Waals surface area contributed by atoms with Gasteiger partial charge in [-0.15, -0.1) is 0 Å². The van der Waals surface area contributed by atoms with Crippen LogP contribution in [0.5, 0.6) is 0 Å². The van der Waals surface area contributed by atoms with E-state index in [9.17, 15) is 14.3 Å². The van der Waals surface area contributed by atoms with Gasteiger partial charge in [0.25, 0.3) is 0 Å². The van der Waals surface area contributed by atoms with Crippen LogP contribution in [0.3, 0.4) is 0 Å². The summed E-state index contributed by atoms with van der Waals surface area (Å²) >= 11 is 0. The molecule has 1 aromatic rings. The Balaban J connectivity index is 2.02. The van der Waals surface area contributed by atoms with E-state index in [1.165, 1.54) is 18.2 Å². The van der Waals surface area contributed by atoms with Crippen molar-refractivity contribution in [2.24, 2.45) is 0 Å². The van der Waals surface area contributed by atoms with Gasteiger partial charge < -0.3 is 16.2 Å². The molecule has 1 amide bonds. The molecule has 0 aromatic heterocycles. The van der Waals surface area contributed by atoms with Crippen LogP contribution in [0.15, 0.2) is 18.2 Å². The number of carbonyl (C=O) groups is 1. The number of rotatable bonds is 3. The highest BCUT2D eigenvalue weighted by Gasteiger charge is 2.33. The van der Waals surface area contributed by atoms with E-state index in [4.69, 9.17) is 5.73 Å². The Bertz CT molecular complexity index is 534. The predicted molar refractivity (Wildman–Crippen MR) is 80.3 cm³/mol. The van der Waals surface area contributed by atoms with Gasteiger partial charge in [-0.1, -0.05) is 0 Å². The third kappa shape index (κ3) is 3.92. The summed E-state index contributed by atoms with van der Waals surface area (Å²) < 4.78 is 13.0. The van der Waals surface area contributed by atoms with Crippen molar-refractivity contribution in [2.45, 2.75) is 38.3 Å².